The van der Waals surface area contributed by atoms with Crippen LogP contribution in [0.25, 0.3) is 0 Å². The van der Waals surface area contributed by atoms with Crippen LogP contribution in [0.1, 0.15) is 58.4 Å². The van der Waals surface area contributed by atoms with E-state index in [0.717, 1.165) is 12.1 Å². The number of aliphatic imine (C=N–C) groups is 1. The predicted octanol–water partition coefficient (Wildman–Crippen LogP) is 5.11. The zero-order valence-corrected chi connectivity index (χ0v) is 22.0. The number of nitrogens with zero attached hydrogens (tertiary/aromatic N) is 3. The molecule has 4 rings (SSSR count). The zero-order valence-electron chi connectivity index (χ0n) is 22.0. The summed E-state index contributed by atoms with van der Waals surface area (Å²) in [6, 6.07) is 20.5. The van der Waals surface area contributed by atoms with Gasteiger partial charge in [0.1, 0.15) is 0 Å². The van der Waals surface area contributed by atoms with Crippen LogP contribution in [0.5, 0.6) is 0 Å². The fourth-order valence-electron chi connectivity index (χ4n) is 4.81. The summed E-state index contributed by atoms with van der Waals surface area (Å²) in [5, 5.41) is 11.4. The van der Waals surface area contributed by atoms with E-state index in [0.29, 0.717) is 23.1 Å². The number of guanidine groups is 1. The summed E-state index contributed by atoms with van der Waals surface area (Å²) in [5.41, 5.74) is 5.30. The van der Waals surface area contributed by atoms with Crippen LogP contribution in [-0.2, 0) is 29.6 Å². The molecule has 1 aliphatic rings. The molecule has 206 valence electrons. The van der Waals surface area contributed by atoms with E-state index in [1.807, 2.05) is 26.0 Å². The highest BCUT2D eigenvalue weighted by Crippen LogP contribution is 2.39. The Morgan fingerprint density at radius 1 is 1.07 bits per heavy atom. The maximum Gasteiger partial charge on any atom is 0.417 e. The lowest BCUT2D eigenvalue weighted by Crippen LogP contribution is -2.43. The molecule has 7 nitrogen and oxygen atoms in total. The molecule has 0 aliphatic carbocycles. The van der Waals surface area contributed by atoms with Crippen LogP contribution in [0.15, 0.2) is 77.8 Å². The van der Waals surface area contributed by atoms with E-state index >= 15 is 0 Å². The summed E-state index contributed by atoms with van der Waals surface area (Å²) in [4.78, 5) is 32.5. The van der Waals surface area contributed by atoms with Crippen LogP contribution in [-0.4, -0.2) is 22.7 Å². The van der Waals surface area contributed by atoms with Crippen molar-refractivity contribution in [2.75, 3.05) is 0 Å². The molecule has 3 aromatic carbocycles. The fourth-order valence-corrected chi connectivity index (χ4v) is 4.81. The van der Waals surface area contributed by atoms with Gasteiger partial charge < -0.3 is 11.1 Å². The summed E-state index contributed by atoms with van der Waals surface area (Å²) in [7, 11) is 0. The topological polar surface area (TPSA) is 112 Å². The van der Waals surface area contributed by atoms with Crippen LogP contribution in [0.3, 0.4) is 0 Å². The molecule has 0 aromatic heterocycles. The molecule has 1 atom stereocenters. The summed E-state index contributed by atoms with van der Waals surface area (Å²) in [6.45, 7) is 3.73. The van der Waals surface area contributed by atoms with E-state index in [1.165, 1.54) is 11.0 Å². The number of benzene rings is 3. The van der Waals surface area contributed by atoms with E-state index in [1.54, 1.807) is 48.5 Å². The van der Waals surface area contributed by atoms with Gasteiger partial charge in [-0.3, -0.25) is 14.5 Å². The Balaban J connectivity index is 1.61. The summed E-state index contributed by atoms with van der Waals surface area (Å²) in [5.74, 6) is -1.25. The van der Waals surface area contributed by atoms with Crippen molar-refractivity contribution >= 4 is 17.8 Å². The lowest BCUT2D eigenvalue weighted by Gasteiger charge is -2.28. The lowest BCUT2D eigenvalue weighted by molar-refractivity contribution is -0.138. The SMILES string of the molecule is CC(C)CC1(c2ccccc2)N=C(N)N(Cc2ccc(C(F)(F)F)c(C(=O)NCc3ccc(C#N)cc3)c2)C1=O. The third kappa shape index (κ3) is 5.83. The highest BCUT2D eigenvalue weighted by atomic mass is 19.4. The van der Waals surface area contributed by atoms with Gasteiger partial charge in [0, 0.05) is 6.54 Å². The van der Waals surface area contributed by atoms with Crippen molar-refractivity contribution in [3.8, 4) is 6.07 Å². The molecule has 0 spiro atoms. The first-order valence-corrected chi connectivity index (χ1v) is 12.6. The number of halogens is 3. The average Bonchev–Trinajstić information content (AvgIpc) is 3.16. The second kappa shape index (κ2) is 11.2. The standard InChI is InChI=1S/C30H28F3N5O2/c1-19(2)15-29(23-6-4-3-5-7-23)27(40)38(28(35)37-29)18-22-12-13-25(30(31,32)33)24(14-22)26(39)36-17-21-10-8-20(16-34)9-11-21/h3-14,19H,15,17-18H2,1-2H3,(H2,35,37)(H,36,39). The third-order valence-electron chi connectivity index (χ3n) is 6.65. The minimum Gasteiger partial charge on any atom is -0.369 e. The first kappa shape index (κ1) is 28.4. The summed E-state index contributed by atoms with van der Waals surface area (Å²) >= 11 is 0. The van der Waals surface area contributed by atoms with Crippen LogP contribution in [0.4, 0.5) is 13.2 Å². The Bertz CT molecular complexity index is 1480. The molecule has 1 aliphatic heterocycles. The van der Waals surface area contributed by atoms with Crippen LogP contribution >= 0.6 is 0 Å². The van der Waals surface area contributed by atoms with Gasteiger partial charge in [0.05, 0.1) is 29.3 Å². The minimum atomic E-state index is -4.77. The Morgan fingerprint density at radius 2 is 1.73 bits per heavy atom. The van der Waals surface area contributed by atoms with Crippen molar-refractivity contribution in [2.45, 2.75) is 45.1 Å². The number of hydrogen-bond donors (Lipinski definition) is 2. The molecule has 40 heavy (non-hydrogen) atoms. The molecule has 0 fully saturated rings. The summed E-state index contributed by atoms with van der Waals surface area (Å²) < 4.78 is 41.4. The molecule has 10 heteroatoms. The van der Waals surface area contributed by atoms with Crippen LogP contribution in [0, 0.1) is 17.2 Å². The third-order valence-corrected chi connectivity index (χ3v) is 6.65. The smallest absolute Gasteiger partial charge is 0.369 e. The molecule has 3 N–H and O–H groups in total. The van der Waals surface area contributed by atoms with Crippen LogP contribution in [0.2, 0.25) is 0 Å². The molecule has 0 bridgehead atoms. The van der Waals surface area contributed by atoms with Gasteiger partial charge in [-0.2, -0.15) is 18.4 Å². The number of nitrogens with one attached hydrogen (secondary N) is 1. The molecule has 0 radical (unpaired) electrons. The van der Waals surface area contributed by atoms with Gasteiger partial charge in [0.25, 0.3) is 11.8 Å². The largest absolute Gasteiger partial charge is 0.417 e. The number of alkyl halides is 3. The number of nitrogens with two attached hydrogens (primary N) is 1. The first-order valence-electron chi connectivity index (χ1n) is 12.6. The van der Waals surface area contributed by atoms with Gasteiger partial charge in [0.15, 0.2) is 11.5 Å². The highest BCUT2D eigenvalue weighted by molar-refractivity contribution is 6.07. The van der Waals surface area contributed by atoms with Crippen molar-refractivity contribution in [1.82, 2.24) is 10.2 Å². The first-order chi connectivity index (χ1) is 18.9. The summed E-state index contributed by atoms with van der Waals surface area (Å²) in [6.07, 6.45) is -4.38. The van der Waals surface area contributed by atoms with Gasteiger partial charge in [0.2, 0.25) is 0 Å². The molecular weight excluding hydrogens is 519 g/mol. The molecule has 1 unspecified atom stereocenters. The van der Waals surface area contributed by atoms with E-state index in [2.05, 4.69) is 10.3 Å². The molecule has 1 heterocycles. The van der Waals surface area contributed by atoms with Crippen molar-refractivity contribution in [2.24, 2.45) is 16.6 Å². The molecule has 0 saturated carbocycles. The molecule has 3 aromatic rings. The number of amides is 2. The van der Waals surface area contributed by atoms with Gasteiger partial charge >= 0.3 is 6.18 Å². The van der Waals surface area contributed by atoms with E-state index in [4.69, 9.17) is 11.0 Å². The number of hydrogen-bond acceptors (Lipinski definition) is 5. The maximum atomic E-state index is 13.8. The Kier molecular flexibility index (Phi) is 7.96. The van der Waals surface area contributed by atoms with E-state index in [9.17, 15) is 22.8 Å². The highest BCUT2D eigenvalue weighted by Gasteiger charge is 2.49. The van der Waals surface area contributed by atoms with Gasteiger partial charge in [-0.05, 0) is 53.3 Å². The maximum absolute atomic E-state index is 13.8. The molecular formula is C30H28F3N5O2. The monoisotopic (exact) mass is 547 g/mol. The van der Waals surface area contributed by atoms with E-state index < -0.39 is 28.7 Å². The van der Waals surface area contributed by atoms with E-state index in [-0.39, 0.29) is 36.4 Å². The number of rotatable bonds is 8. The number of carbonyl (C=O) groups excluding carboxylic acids is 2. The van der Waals surface area contributed by atoms with Crippen LogP contribution < -0.4 is 11.1 Å². The normalized spacial score (nSPS) is 17.1. The Morgan fingerprint density at radius 3 is 2.33 bits per heavy atom. The predicted molar refractivity (Wildman–Crippen MR) is 144 cm³/mol. The van der Waals surface area contributed by atoms with Gasteiger partial charge in [-0.25, -0.2) is 4.99 Å². The number of carbonyl (C=O) groups is 2. The second-order valence-corrected chi connectivity index (χ2v) is 10.1. The number of nitriles is 1. The molecule has 0 saturated heterocycles. The van der Waals surface area contributed by atoms with Crippen molar-refractivity contribution in [1.29, 1.82) is 5.26 Å². The molecule has 2 amide bonds. The van der Waals surface area contributed by atoms with Crippen molar-refractivity contribution in [3.05, 3.63) is 106 Å². The second-order valence-electron chi connectivity index (χ2n) is 10.1. The Hall–Kier alpha value is -4.65. The van der Waals surface area contributed by atoms with Crippen molar-refractivity contribution < 1.29 is 22.8 Å². The van der Waals surface area contributed by atoms with Gasteiger partial charge in [-0.1, -0.05) is 62.4 Å². The average molecular weight is 548 g/mol. The lowest BCUT2D eigenvalue weighted by atomic mass is 9.82. The Labute approximate surface area is 230 Å². The minimum absolute atomic E-state index is 0.0366. The quantitative estimate of drug-likeness (QED) is 0.408. The fraction of sp³-hybridized carbons (Fsp3) is 0.267. The van der Waals surface area contributed by atoms with Gasteiger partial charge in [-0.15, -0.1) is 0 Å². The zero-order chi connectivity index (χ0) is 29.1. The van der Waals surface area contributed by atoms with Crippen molar-refractivity contribution in [3.63, 3.8) is 0 Å².